The summed E-state index contributed by atoms with van der Waals surface area (Å²) in [7, 11) is 0. The Labute approximate surface area is 100 Å². The Morgan fingerprint density at radius 1 is 1.38 bits per heavy atom. The second kappa shape index (κ2) is 4.50. The highest BCUT2D eigenvalue weighted by atomic mass is 15.1. The van der Waals surface area contributed by atoms with Gasteiger partial charge in [-0.15, -0.1) is 0 Å². The van der Waals surface area contributed by atoms with Crippen molar-refractivity contribution >= 4 is 0 Å². The van der Waals surface area contributed by atoms with E-state index in [0.29, 0.717) is 5.41 Å². The lowest BCUT2D eigenvalue weighted by atomic mass is 9.80. The molecule has 1 unspecified atom stereocenters. The predicted molar refractivity (Wildman–Crippen MR) is 69.6 cm³/mol. The molecule has 0 aromatic carbocycles. The highest BCUT2D eigenvalue weighted by molar-refractivity contribution is 5.22. The highest BCUT2D eigenvalue weighted by Crippen LogP contribution is 2.33. The summed E-state index contributed by atoms with van der Waals surface area (Å²) in [5.41, 5.74) is 3.72. The third-order valence-corrected chi connectivity index (χ3v) is 4.24. The number of nitrogens with zero attached hydrogens (tertiary/aromatic N) is 1. The lowest BCUT2D eigenvalue weighted by Crippen LogP contribution is -2.36. The van der Waals surface area contributed by atoms with Crippen LogP contribution < -0.4 is 5.32 Å². The molecule has 92 valence electrons. The number of hydrogen-bond acceptors (Lipinski definition) is 2. The molecule has 2 aliphatic heterocycles. The lowest BCUT2D eigenvalue weighted by Gasteiger charge is -2.28. The first-order chi connectivity index (χ1) is 7.47. The van der Waals surface area contributed by atoms with Crippen LogP contribution in [0.5, 0.6) is 0 Å². The van der Waals surface area contributed by atoms with E-state index in [1.807, 2.05) is 0 Å². The first-order valence-corrected chi connectivity index (χ1v) is 6.57. The van der Waals surface area contributed by atoms with Crippen molar-refractivity contribution in [1.29, 1.82) is 0 Å². The summed E-state index contributed by atoms with van der Waals surface area (Å²) in [6, 6.07) is 0. The van der Waals surface area contributed by atoms with Crippen LogP contribution in [0.2, 0.25) is 0 Å². The van der Waals surface area contributed by atoms with Crippen LogP contribution in [0.4, 0.5) is 0 Å². The molecule has 0 aromatic heterocycles. The van der Waals surface area contributed by atoms with Gasteiger partial charge in [-0.25, -0.2) is 0 Å². The zero-order valence-corrected chi connectivity index (χ0v) is 11.3. The van der Waals surface area contributed by atoms with Gasteiger partial charge in [-0.05, 0) is 36.8 Å². The summed E-state index contributed by atoms with van der Waals surface area (Å²) in [6.07, 6.45) is 1.38. The molecule has 1 N–H and O–H groups in total. The molecule has 0 amide bonds. The Kier molecular flexibility index (Phi) is 3.41. The molecule has 2 heteroatoms. The van der Waals surface area contributed by atoms with Crippen molar-refractivity contribution in [3.8, 4) is 0 Å². The zero-order chi connectivity index (χ0) is 11.8. The van der Waals surface area contributed by atoms with Gasteiger partial charge in [0, 0.05) is 26.2 Å². The van der Waals surface area contributed by atoms with E-state index >= 15 is 0 Å². The van der Waals surface area contributed by atoms with Crippen LogP contribution in [0.25, 0.3) is 0 Å². The van der Waals surface area contributed by atoms with Crippen molar-refractivity contribution in [3.63, 3.8) is 0 Å². The fourth-order valence-electron chi connectivity index (χ4n) is 2.68. The Morgan fingerprint density at radius 2 is 2.06 bits per heavy atom. The Hall–Kier alpha value is -0.340. The highest BCUT2D eigenvalue weighted by Gasteiger charge is 2.31. The minimum absolute atomic E-state index is 0.480. The normalized spacial score (nSPS) is 27.0. The molecule has 0 radical (unpaired) electrons. The van der Waals surface area contributed by atoms with Crippen LogP contribution in [-0.2, 0) is 0 Å². The molecule has 0 bridgehead atoms. The van der Waals surface area contributed by atoms with Gasteiger partial charge in [0.05, 0.1) is 0 Å². The van der Waals surface area contributed by atoms with Crippen LogP contribution in [0.15, 0.2) is 11.1 Å². The maximum atomic E-state index is 3.32. The summed E-state index contributed by atoms with van der Waals surface area (Å²) < 4.78 is 0. The molecule has 2 saturated heterocycles. The quantitative estimate of drug-likeness (QED) is 0.721. The molecule has 2 aliphatic rings. The van der Waals surface area contributed by atoms with Crippen molar-refractivity contribution in [3.05, 3.63) is 11.1 Å². The van der Waals surface area contributed by atoms with Crippen LogP contribution >= 0.6 is 0 Å². The minimum Gasteiger partial charge on any atom is -0.309 e. The van der Waals surface area contributed by atoms with E-state index in [1.165, 1.54) is 26.1 Å². The largest absolute Gasteiger partial charge is 0.309 e. The van der Waals surface area contributed by atoms with Gasteiger partial charge in [0.2, 0.25) is 0 Å². The topological polar surface area (TPSA) is 15.3 Å². The van der Waals surface area contributed by atoms with Gasteiger partial charge in [-0.2, -0.15) is 0 Å². The second-order valence-corrected chi connectivity index (χ2v) is 6.57. The molecule has 16 heavy (non-hydrogen) atoms. The zero-order valence-electron chi connectivity index (χ0n) is 11.3. The monoisotopic (exact) mass is 222 g/mol. The second-order valence-electron chi connectivity index (χ2n) is 6.57. The van der Waals surface area contributed by atoms with Gasteiger partial charge < -0.3 is 5.32 Å². The van der Waals surface area contributed by atoms with Gasteiger partial charge in [0.1, 0.15) is 0 Å². The molecule has 2 fully saturated rings. The number of nitrogens with one attached hydrogen (secondary N) is 1. The molecule has 0 saturated carbocycles. The third kappa shape index (κ3) is 2.67. The van der Waals surface area contributed by atoms with Gasteiger partial charge in [0.15, 0.2) is 0 Å². The Morgan fingerprint density at radius 3 is 2.50 bits per heavy atom. The predicted octanol–water partition coefficient (Wildman–Crippen LogP) is 2.27. The van der Waals surface area contributed by atoms with E-state index in [4.69, 9.17) is 0 Å². The number of hydrogen-bond donors (Lipinski definition) is 1. The van der Waals surface area contributed by atoms with Crippen LogP contribution in [-0.4, -0.2) is 37.6 Å². The lowest BCUT2D eigenvalue weighted by molar-refractivity contribution is 0.234. The van der Waals surface area contributed by atoms with E-state index in [1.54, 1.807) is 11.1 Å². The van der Waals surface area contributed by atoms with Crippen molar-refractivity contribution in [1.82, 2.24) is 10.2 Å². The average Bonchev–Trinajstić information content (AvgIpc) is 2.47. The van der Waals surface area contributed by atoms with Gasteiger partial charge in [0.25, 0.3) is 0 Å². The Balaban J connectivity index is 1.85. The van der Waals surface area contributed by atoms with Crippen LogP contribution in [0.3, 0.4) is 0 Å². The molecule has 2 heterocycles. The van der Waals surface area contributed by atoms with Crippen molar-refractivity contribution in [2.45, 2.75) is 34.1 Å². The third-order valence-electron chi connectivity index (χ3n) is 4.24. The Bertz CT molecular complexity index is 280. The first-order valence-electron chi connectivity index (χ1n) is 6.57. The van der Waals surface area contributed by atoms with Crippen LogP contribution in [0.1, 0.15) is 34.1 Å². The summed E-state index contributed by atoms with van der Waals surface area (Å²) in [5, 5.41) is 3.32. The minimum atomic E-state index is 0.480. The fraction of sp³-hybridized carbons (Fsp3) is 0.857. The molecule has 0 spiro atoms. The van der Waals surface area contributed by atoms with E-state index in [-0.39, 0.29) is 0 Å². The van der Waals surface area contributed by atoms with Crippen molar-refractivity contribution in [2.24, 2.45) is 11.3 Å². The van der Waals surface area contributed by atoms with E-state index in [0.717, 1.165) is 19.0 Å². The standard InChI is InChI=1S/C14H26N2/c1-11(12-7-15-8-12)9-16-6-5-13(10-16)14(2,3)4/h13,15H,5-10H2,1-4H3. The average molecular weight is 222 g/mol. The molecular weight excluding hydrogens is 196 g/mol. The van der Waals surface area contributed by atoms with Crippen LogP contribution in [0, 0.1) is 11.3 Å². The summed E-state index contributed by atoms with van der Waals surface area (Å²) in [6.45, 7) is 15.5. The fourth-order valence-corrected chi connectivity index (χ4v) is 2.68. The molecule has 2 rings (SSSR count). The molecule has 2 nitrogen and oxygen atoms in total. The number of rotatable bonds is 2. The molecule has 0 aliphatic carbocycles. The smallest absolute Gasteiger partial charge is 0.0193 e. The van der Waals surface area contributed by atoms with Gasteiger partial charge in [-0.1, -0.05) is 26.3 Å². The maximum Gasteiger partial charge on any atom is 0.0193 e. The maximum absolute atomic E-state index is 3.32. The van der Waals surface area contributed by atoms with E-state index in [9.17, 15) is 0 Å². The molecule has 1 atom stereocenters. The summed E-state index contributed by atoms with van der Waals surface area (Å²) in [4.78, 5) is 2.64. The van der Waals surface area contributed by atoms with Crippen molar-refractivity contribution < 1.29 is 0 Å². The summed E-state index contributed by atoms with van der Waals surface area (Å²) in [5.74, 6) is 0.879. The SMILES string of the molecule is CC(CN1CCC(C(C)(C)C)C1)=C1CNC1. The number of likely N-dealkylation sites (tertiary alicyclic amines) is 1. The van der Waals surface area contributed by atoms with Gasteiger partial charge >= 0.3 is 0 Å². The van der Waals surface area contributed by atoms with Crippen molar-refractivity contribution in [2.75, 3.05) is 32.7 Å². The molecular formula is C14H26N2. The molecule has 0 aromatic rings. The van der Waals surface area contributed by atoms with E-state index in [2.05, 4.69) is 37.9 Å². The van der Waals surface area contributed by atoms with Gasteiger partial charge in [-0.3, -0.25) is 4.90 Å². The summed E-state index contributed by atoms with van der Waals surface area (Å²) >= 11 is 0. The first kappa shape index (κ1) is 12.1. The van der Waals surface area contributed by atoms with E-state index < -0.39 is 0 Å².